The molecule has 0 fully saturated rings. The average molecular weight is 477 g/mol. The zero-order chi connectivity index (χ0) is 21.0. The molecule has 0 amide bonds. The van der Waals surface area contributed by atoms with Crippen LogP contribution in [0.15, 0.2) is 0 Å². The molecule has 0 spiro atoms. The smallest absolute Gasteiger partial charge is 0.312 e. The second-order valence-electron chi connectivity index (χ2n) is 8.36. The van der Waals surface area contributed by atoms with Crippen molar-refractivity contribution in [1.82, 2.24) is 0 Å². The predicted molar refractivity (Wildman–Crippen MR) is 125 cm³/mol. The van der Waals surface area contributed by atoms with Gasteiger partial charge in [-0.15, -0.1) is 0 Å². The third-order valence-corrected chi connectivity index (χ3v) is 6.96. The van der Waals surface area contributed by atoms with Gasteiger partial charge in [-0.25, -0.2) is 0 Å². The standard InChI is InChI=1S/C24H51O3P.Ni/c1-7-13-16-22(10-4)19-25-28(26-20-23(11-5)17-14-8-2)27-21-24(12-6)18-15-9-3;/h22-24H,7-21H2,1-6H3;. The van der Waals surface area contributed by atoms with Crippen molar-refractivity contribution in [2.75, 3.05) is 19.8 Å². The minimum atomic E-state index is -1.22. The summed E-state index contributed by atoms with van der Waals surface area (Å²) in [6.07, 6.45) is 14.9. The van der Waals surface area contributed by atoms with Gasteiger partial charge in [-0.2, -0.15) is 0 Å². The molecule has 0 aliphatic heterocycles. The molecule has 0 rings (SSSR count). The van der Waals surface area contributed by atoms with Crippen molar-refractivity contribution in [1.29, 1.82) is 0 Å². The summed E-state index contributed by atoms with van der Waals surface area (Å²) >= 11 is 0. The molecule has 0 saturated carbocycles. The summed E-state index contributed by atoms with van der Waals surface area (Å²) < 4.78 is 18.6. The van der Waals surface area contributed by atoms with E-state index in [-0.39, 0.29) is 16.5 Å². The second kappa shape index (κ2) is 23.5. The number of hydrogen-bond acceptors (Lipinski definition) is 3. The Kier molecular flexibility index (Phi) is 25.9. The maximum Gasteiger partial charge on any atom is 0.332 e. The molecule has 0 N–H and O–H groups in total. The molecule has 0 aromatic heterocycles. The van der Waals surface area contributed by atoms with Gasteiger partial charge in [0, 0.05) is 16.5 Å². The molecule has 0 aromatic carbocycles. The Morgan fingerprint density at radius 3 is 1.00 bits per heavy atom. The van der Waals surface area contributed by atoms with Gasteiger partial charge in [-0.3, -0.25) is 0 Å². The summed E-state index contributed by atoms with van der Waals surface area (Å²) in [7, 11) is -1.22. The summed E-state index contributed by atoms with van der Waals surface area (Å²) in [6, 6.07) is 0. The molecular formula is C24H51NiO3P. The topological polar surface area (TPSA) is 27.7 Å². The minimum Gasteiger partial charge on any atom is -0.312 e. The molecule has 0 radical (unpaired) electrons. The monoisotopic (exact) mass is 476 g/mol. The van der Waals surface area contributed by atoms with E-state index in [0.29, 0.717) is 17.8 Å². The van der Waals surface area contributed by atoms with Crippen LogP contribution >= 0.6 is 8.60 Å². The first-order valence-corrected chi connectivity index (χ1v) is 13.4. The van der Waals surface area contributed by atoms with Crippen LogP contribution in [0.25, 0.3) is 0 Å². The van der Waals surface area contributed by atoms with Gasteiger partial charge in [0.1, 0.15) is 0 Å². The maximum atomic E-state index is 6.21. The summed E-state index contributed by atoms with van der Waals surface area (Å²) in [4.78, 5) is 0. The van der Waals surface area contributed by atoms with Crippen LogP contribution in [0.1, 0.15) is 119 Å². The Hall–Kier alpha value is 0.804. The largest absolute Gasteiger partial charge is 0.332 e. The van der Waals surface area contributed by atoms with Crippen molar-refractivity contribution in [3.8, 4) is 0 Å². The van der Waals surface area contributed by atoms with Crippen LogP contribution in [-0.2, 0) is 30.1 Å². The zero-order valence-corrected chi connectivity index (χ0v) is 22.2. The predicted octanol–water partition coefficient (Wildman–Crippen LogP) is 8.91. The van der Waals surface area contributed by atoms with E-state index >= 15 is 0 Å². The van der Waals surface area contributed by atoms with Crippen LogP contribution in [0.2, 0.25) is 0 Å². The van der Waals surface area contributed by atoms with Gasteiger partial charge < -0.3 is 13.6 Å². The molecule has 0 aromatic rings. The molecule has 3 nitrogen and oxygen atoms in total. The van der Waals surface area contributed by atoms with E-state index < -0.39 is 8.60 Å². The number of rotatable bonds is 21. The van der Waals surface area contributed by atoms with Crippen LogP contribution in [0.4, 0.5) is 0 Å². The molecule has 29 heavy (non-hydrogen) atoms. The Balaban J connectivity index is 0. The van der Waals surface area contributed by atoms with Gasteiger partial charge in [0.25, 0.3) is 0 Å². The van der Waals surface area contributed by atoms with E-state index in [1.54, 1.807) is 0 Å². The van der Waals surface area contributed by atoms with Crippen LogP contribution in [-0.4, -0.2) is 19.8 Å². The van der Waals surface area contributed by atoms with E-state index in [9.17, 15) is 0 Å². The first-order valence-electron chi connectivity index (χ1n) is 12.3. The summed E-state index contributed by atoms with van der Waals surface area (Å²) in [5.74, 6) is 1.88. The molecule has 3 atom stereocenters. The molecule has 0 bridgehead atoms. The van der Waals surface area contributed by atoms with Crippen molar-refractivity contribution in [2.45, 2.75) is 119 Å². The fraction of sp³-hybridized carbons (Fsp3) is 1.00. The van der Waals surface area contributed by atoms with Gasteiger partial charge >= 0.3 is 8.60 Å². The SMILES string of the molecule is CCCCC(CC)COP(OCC(CC)CCCC)OCC(CC)CCCC.[Ni]. The van der Waals surface area contributed by atoms with E-state index in [4.69, 9.17) is 13.6 Å². The molecule has 0 aliphatic rings. The zero-order valence-electron chi connectivity index (χ0n) is 20.3. The molecule has 0 saturated heterocycles. The number of unbranched alkanes of at least 4 members (excludes halogenated alkanes) is 3. The Bertz CT molecular complexity index is 273. The number of hydrogen-bond donors (Lipinski definition) is 0. The normalized spacial score (nSPS) is 15.5. The van der Waals surface area contributed by atoms with Gasteiger partial charge in [-0.1, -0.05) is 99.3 Å². The summed E-state index contributed by atoms with van der Waals surface area (Å²) in [5.41, 5.74) is 0. The van der Waals surface area contributed by atoms with Gasteiger partial charge in [0.15, 0.2) is 0 Å². The first-order chi connectivity index (χ1) is 13.6. The van der Waals surface area contributed by atoms with Crippen LogP contribution < -0.4 is 0 Å². The van der Waals surface area contributed by atoms with Crippen molar-refractivity contribution in [3.63, 3.8) is 0 Å². The molecule has 3 unspecified atom stereocenters. The third kappa shape index (κ3) is 18.1. The Morgan fingerprint density at radius 1 is 0.517 bits per heavy atom. The molecule has 0 aliphatic carbocycles. The Morgan fingerprint density at radius 2 is 0.793 bits per heavy atom. The summed E-state index contributed by atoms with van der Waals surface area (Å²) in [6.45, 7) is 15.9. The van der Waals surface area contributed by atoms with Crippen LogP contribution in [0, 0.1) is 17.8 Å². The van der Waals surface area contributed by atoms with Crippen molar-refractivity contribution < 1.29 is 30.1 Å². The molecule has 180 valence electrons. The van der Waals surface area contributed by atoms with Crippen molar-refractivity contribution in [3.05, 3.63) is 0 Å². The van der Waals surface area contributed by atoms with E-state index in [1.165, 1.54) is 77.0 Å². The van der Waals surface area contributed by atoms with Gasteiger partial charge in [0.05, 0.1) is 19.8 Å². The van der Waals surface area contributed by atoms with Crippen molar-refractivity contribution in [2.24, 2.45) is 17.8 Å². The third-order valence-electron chi connectivity index (χ3n) is 5.88. The average Bonchev–Trinajstić information content (AvgIpc) is 2.73. The minimum absolute atomic E-state index is 0. The fourth-order valence-electron chi connectivity index (χ4n) is 3.30. The quantitative estimate of drug-likeness (QED) is 0.122. The van der Waals surface area contributed by atoms with Crippen LogP contribution in [0.3, 0.4) is 0 Å². The second-order valence-corrected chi connectivity index (χ2v) is 9.58. The van der Waals surface area contributed by atoms with Gasteiger partial charge in [0.2, 0.25) is 0 Å². The van der Waals surface area contributed by atoms with Crippen LogP contribution in [0.5, 0.6) is 0 Å². The molecule has 5 heteroatoms. The van der Waals surface area contributed by atoms with Gasteiger partial charge in [-0.05, 0) is 37.0 Å². The van der Waals surface area contributed by atoms with E-state index in [0.717, 1.165) is 19.8 Å². The molecular weight excluding hydrogens is 426 g/mol. The van der Waals surface area contributed by atoms with Crippen molar-refractivity contribution >= 4 is 8.60 Å². The summed E-state index contributed by atoms with van der Waals surface area (Å²) in [5, 5.41) is 0. The fourth-order valence-corrected chi connectivity index (χ4v) is 4.53. The first kappa shape index (κ1) is 32.0. The maximum absolute atomic E-state index is 6.21. The van der Waals surface area contributed by atoms with E-state index in [2.05, 4.69) is 41.5 Å². The molecule has 0 heterocycles. The van der Waals surface area contributed by atoms with E-state index in [1.807, 2.05) is 0 Å². The Labute approximate surface area is 194 Å².